The molecule has 1 amide bonds. The van der Waals surface area contributed by atoms with Gasteiger partial charge in [-0.1, -0.05) is 28.1 Å². The van der Waals surface area contributed by atoms with E-state index in [1.54, 1.807) is 19.2 Å². The second kappa shape index (κ2) is 6.72. The van der Waals surface area contributed by atoms with Gasteiger partial charge in [0, 0.05) is 11.6 Å². The lowest BCUT2D eigenvalue weighted by Crippen LogP contribution is -2.26. The Morgan fingerprint density at radius 2 is 2.20 bits per heavy atom. The van der Waals surface area contributed by atoms with Crippen LogP contribution in [-0.2, 0) is 11.3 Å². The van der Waals surface area contributed by atoms with Crippen molar-refractivity contribution in [3.05, 3.63) is 58.0 Å². The Labute approximate surface area is 126 Å². The van der Waals surface area contributed by atoms with E-state index in [-0.39, 0.29) is 11.9 Å². The molecule has 20 heavy (non-hydrogen) atoms. The third kappa shape index (κ3) is 3.71. The largest absolute Gasteiger partial charge is 0.453 e. The molecule has 0 aliphatic heterocycles. The fourth-order valence-corrected chi connectivity index (χ4v) is 2.26. The summed E-state index contributed by atoms with van der Waals surface area (Å²) in [5.74, 6) is 0.687. The lowest BCUT2D eigenvalue weighted by molar-refractivity contribution is 0.0903. The summed E-state index contributed by atoms with van der Waals surface area (Å²) >= 11 is 3.42. The Hall–Kier alpha value is -1.59. The summed E-state index contributed by atoms with van der Waals surface area (Å²) in [6.07, 6.45) is 0. The van der Waals surface area contributed by atoms with Crippen LogP contribution in [0.5, 0.6) is 0 Å². The molecule has 0 radical (unpaired) electrons. The zero-order chi connectivity index (χ0) is 14.5. The van der Waals surface area contributed by atoms with Gasteiger partial charge >= 0.3 is 0 Å². The summed E-state index contributed by atoms with van der Waals surface area (Å²) < 4.78 is 11.3. The van der Waals surface area contributed by atoms with Crippen molar-refractivity contribution in [2.75, 3.05) is 7.11 Å². The van der Waals surface area contributed by atoms with Crippen molar-refractivity contribution in [2.45, 2.75) is 19.6 Å². The molecule has 0 spiro atoms. The summed E-state index contributed by atoms with van der Waals surface area (Å²) in [4.78, 5) is 12.1. The Kier molecular flexibility index (Phi) is 4.98. The fourth-order valence-electron chi connectivity index (χ4n) is 1.85. The zero-order valence-electron chi connectivity index (χ0n) is 11.4. The Morgan fingerprint density at radius 1 is 1.40 bits per heavy atom. The average Bonchev–Trinajstić information content (AvgIpc) is 2.88. The maximum Gasteiger partial charge on any atom is 0.287 e. The van der Waals surface area contributed by atoms with E-state index in [1.165, 1.54) is 0 Å². The molecule has 1 aromatic heterocycles. The van der Waals surface area contributed by atoms with E-state index in [0.717, 1.165) is 10.0 Å². The minimum atomic E-state index is -0.236. The van der Waals surface area contributed by atoms with Gasteiger partial charge in [0.25, 0.3) is 5.91 Å². The van der Waals surface area contributed by atoms with Crippen LogP contribution in [0, 0.1) is 0 Å². The van der Waals surface area contributed by atoms with E-state index >= 15 is 0 Å². The molecule has 0 aliphatic carbocycles. The number of hydrogen-bond acceptors (Lipinski definition) is 3. The first-order valence-corrected chi connectivity index (χ1v) is 7.03. The standard InChI is InChI=1S/C15H16BrNO3/c1-10(11-4-3-5-12(16)8-11)17-15(18)14-7-6-13(20-14)9-19-2/h3-8,10H,9H2,1-2H3,(H,17,18). The lowest BCUT2D eigenvalue weighted by Gasteiger charge is -2.13. The molecule has 5 heteroatoms. The number of rotatable bonds is 5. The fraction of sp³-hybridized carbons (Fsp3) is 0.267. The number of carbonyl (C=O) groups excluding carboxylic acids is 1. The van der Waals surface area contributed by atoms with Gasteiger partial charge in [-0.3, -0.25) is 4.79 Å². The molecular formula is C15H16BrNO3. The average molecular weight is 338 g/mol. The lowest BCUT2D eigenvalue weighted by atomic mass is 10.1. The minimum absolute atomic E-state index is 0.101. The summed E-state index contributed by atoms with van der Waals surface area (Å²) in [6.45, 7) is 2.28. The Balaban J connectivity index is 2.03. The zero-order valence-corrected chi connectivity index (χ0v) is 12.9. The quantitative estimate of drug-likeness (QED) is 0.905. The monoisotopic (exact) mass is 337 g/mol. The number of halogens is 1. The van der Waals surface area contributed by atoms with Gasteiger partial charge in [0.05, 0.1) is 6.04 Å². The van der Waals surface area contributed by atoms with Gasteiger partial charge in [-0.2, -0.15) is 0 Å². The van der Waals surface area contributed by atoms with E-state index in [0.29, 0.717) is 18.1 Å². The molecule has 1 heterocycles. The van der Waals surface area contributed by atoms with Gasteiger partial charge in [-0.15, -0.1) is 0 Å². The molecular weight excluding hydrogens is 322 g/mol. The number of methoxy groups -OCH3 is 1. The van der Waals surface area contributed by atoms with Crippen LogP contribution < -0.4 is 5.32 Å². The Bertz CT molecular complexity index is 594. The third-order valence-corrected chi connectivity index (χ3v) is 3.36. The van der Waals surface area contributed by atoms with Crippen molar-refractivity contribution < 1.29 is 13.9 Å². The number of amides is 1. The van der Waals surface area contributed by atoms with Gasteiger partial charge < -0.3 is 14.5 Å². The highest BCUT2D eigenvalue weighted by Gasteiger charge is 2.15. The highest BCUT2D eigenvalue weighted by molar-refractivity contribution is 9.10. The van der Waals surface area contributed by atoms with Crippen LogP contribution in [-0.4, -0.2) is 13.0 Å². The van der Waals surface area contributed by atoms with E-state index < -0.39 is 0 Å². The van der Waals surface area contributed by atoms with Gasteiger partial charge in [0.15, 0.2) is 5.76 Å². The smallest absolute Gasteiger partial charge is 0.287 e. The number of hydrogen-bond donors (Lipinski definition) is 1. The molecule has 0 saturated carbocycles. The SMILES string of the molecule is COCc1ccc(C(=O)NC(C)c2cccc(Br)c2)o1. The first kappa shape index (κ1) is 14.8. The first-order valence-electron chi connectivity index (χ1n) is 6.24. The predicted octanol–water partition coefficient (Wildman–Crippen LogP) is 3.68. The van der Waals surface area contributed by atoms with Crippen LogP contribution in [0.2, 0.25) is 0 Å². The number of carbonyl (C=O) groups is 1. The van der Waals surface area contributed by atoms with E-state index in [1.807, 2.05) is 31.2 Å². The maximum absolute atomic E-state index is 12.1. The summed E-state index contributed by atoms with van der Waals surface area (Å²) in [5, 5.41) is 2.90. The maximum atomic E-state index is 12.1. The summed E-state index contributed by atoms with van der Waals surface area (Å²) in [7, 11) is 1.58. The molecule has 1 aromatic carbocycles. The van der Waals surface area contributed by atoms with Crippen LogP contribution in [0.3, 0.4) is 0 Å². The first-order chi connectivity index (χ1) is 9.60. The van der Waals surface area contributed by atoms with Crippen molar-refractivity contribution >= 4 is 21.8 Å². The van der Waals surface area contributed by atoms with Crippen molar-refractivity contribution in [1.82, 2.24) is 5.32 Å². The number of benzene rings is 1. The van der Waals surface area contributed by atoms with Gasteiger partial charge in [-0.05, 0) is 36.8 Å². The van der Waals surface area contributed by atoms with E-state index in [4.69, 9.17) is 9.15 Å². The molecule has 1 N–H and O–H groups in total. The molecule has 1 unspecified atom stereocenters. The van der Waals surface area contributed by atoms with Crippen LogP contribution in [0.25, 0.3) is 0 Å². The summed E-state index contributed by atoms with van der Waals surface area (Å²) in [6, 6.07) is 11.1. The van der Waals surface area contributed by atoms with Gasteiger partial charge in [0.1, 0.15) is 12.4 Å². The number of ether oxygens (including phenoxy) is 1. The topological polar surface area (TPSA) is 51.5 Å². The molecule has 106 valence electrons. The molecule has 0 saturated heterocycles. The third-order valence-electron chi connectivity index (χ3n) is 2.87. The molecule has 4 nitrogen and oxygen atoms in total. The van der Waals surface area contributed by atoms with Gasteiger partial charge in [-0.25, -0.2) is 0 Å². The molecule has 1 atom stereocenters. The van der Waals surface area contributed by atoms with Crippen molar-refractivity contribution in [2.24, 2.45) is 0 Å². The van der Waals surface area contributed by atoms with Crippen molar-refractivity contribution in [3.8, 4) is 0 Å². The van der Waals surface area contributed by atoms with Crippen molar-refractivity contribution in [3.63, 3.8) is 0 Å². The molecule has 0 aliphatic rings. The Morgan fingerprint density at radius 3 is 2.90 bits per heavy atom. The normalized spacial score (nSPS) is 12.2. The van der Waals surface area contributed by atoms with Crippen LogP contribution >= 0.6 is 15.9 Å². The number of nitrogens with one attached hydrogen (secondary N) is 1. The van der Waals surface area contributed by atoms with Crippen LogP contribution in [0.4, 0.5) is 0 Å². The highest BCUT2D eigenvalue weighted by Crippen LogP contribution is 2.18. The minimum Gasteiger partial charge on any atom is -0.453 e. The van der Waals surface area contributed by atoms with Gasteiger partial charge in [0.2, 0.25) is 0 Å². The predicted molar refractivity (Wildman–Crippen MR) is 79.4 cm³/mol. The van der Waals surface area contributed by atoms with E-state index in [9.17, 15) is 4.79 Å². The van der Waals surface area contributed by atoms with Crippen LogP contribution in [0.15, 0.2) is 45.3 Å². The van der Waals surface area contributed by atoms with Crippen LogP contribution in [0.1, 0.15) is 34.8 Å². The second-order valence-corrected chi connectivity index (χ2v) is 5.36. The highest BCUT2D eigenvalue weighted by atomic mass is 79.9. The summed E-state index contributed by atoms with van der Waals surface area (Å²) in [5.41, 5.74) is 1.02. The van der Waals surface area contributed by atoms with Crippen molar-refractivity contribution in [1.29, 1.82) is 0 Å². The molecule has 2 rings (SSSR count). The molecule has 0 fully saturated rings. The van der Waals surface area contributed by atoms with E-state index in [2.05, 4.69) is 21.2 Å². The second-order valence-electron chi connectivity index (χ2n) is 4.45. The molecule has 0 bridgehead atoms. The number of furan rings is 1. The molecule has 2 aromatic rings.